The molecule has 4 aromatic carbocycles. The van der Waals surface area contributed by atoms with Crippen LogP contribution in [0.3, 0.4) is 0 Å². The van der Waals surface area contributed by atoms with Crippen molar-refractivity contribution in [1.29, 1.82) is 0 Å². The average Bonchev–Trinajstić information content (AvgIpc) is 1.46. The van der Waals surface area contributed by atoms with Crippen LogP contribution in [0.1, 0.15) is 218 Å². The summed E-state index contributed by atoms with van der Waals surface area (Å²) in [5, 5.41) is 6.71. The molecular weight excluding hydrogens is 1410 g/mol. The van der Waals surface area contributed by atoms with E-state index in [9.17, 15) is 28.8 Å². The predicted octanol–water partition coefficient (Wildman–Crippen LogP) is 15.2. The van der Waals surface area contributed by atoms with E-state index in [2.05, 4.69) is 64.3 Å². The fourth-order valence-corrected chi connectivity index (χ4v) is 20.9. The van der Waals surface area contributed by atoms with Crippen molar-refractivity contribution in [2.75, 3.05) is 40.4 Å². The molecule has 606 valence electrons. The minimum absolute atomic E-state index is 0. The van der Waals surface area contributed by atoms with Crippen molar-refractivity contribution in [3.8, 4) is 11.5 Å². The van der Waals surface area contributed by atoms with Crippen LogP contribution in [0.2, 0.25) is 0 Å². The zero-order valence-electron chi connectivity index (χ0n) is 66.1. The van der Waals surface area contributed by atoms with Crippen molar-refractivity contribution in [2.24, 2.45) is 34.5 Å². The molecule has 8 aliphatic heterocycles. The van der Waals surface area contributed by atoms with Crippen LogP contribution in [0.15, 0.2) is 109 Å². The maximum absolute atomic E-state index is 14.7. The number of ether oxygens (including phenoxy) is 4. The van der Waals surface area contributed by atoms with Crippen LogP contribution in [-0.4, -0.2) is 180 Å². The zero-order chi connectivity index (χ0) is 76.6. The Bertz CT molecular complexity index is 3950. The number of urea groups is 2. The van der Waals surface area contributed by atoms with Crippen molar-refractivity contribution in [1.82, 2.24) is 40.0 Å². The highest BCUT2D eigenvalue weighted by atomic mass is 16.7. The third kappa shape index (κ3) is 17.0. The Kier molecular flexibility index (Phi) is 25.5. The van der Waals surface area contributed by atoms with Gasteiger partial charge in [-0.2, -0.15) is 0 Å². The second-order valence-electron chi connectivity index (χ2n) is 35.3. The van der Waals surface area contributed by atoms with Crippen LogP contribution in [0.4, 0.5) is 19.2 Å². The van der Waals surface area contributed by atoms with Gasteiger partial charge in [-0.15, -0.1) is 0 Å². The number of allylic oxidation sites excluding steroid dienone is 1. The van der Waals surface area contributed by atoms with Crippen LogP contribution in [0.5, 0.6) is 11.5 Å². The van der Waals surface area contributed by atoms with E-state index < -0.39 is 61.9 Å². The van der Waals surface area contributed by atoms with Gasteiger partial charge in [0.1, 0.15) is 35.8 Å². The lowest BCUT2D eigenvalue weighted by atomic mass is 9.43. The Balaban J connectivity index is 0.000000193. The summed E-state index contributed by atoms with van der Waals surface area (Å²) >= 11 is 0. The Morgan fingerprint density at radius 3 is 1.29 bits per heavy atom. The summed E-state index contributed by atoms with van der Waals surface area (Å²) in [6.07, 6.45) is 20.5. The van der Waals surface area contributed by atoms with E-state index in [1.54, 1.807) is 38.7 Å². The SMILES string of the molecule is C.C.COc1ccc(CN2C/C=C/CCCCCC[C@@H](B3OC4C[C@H]5C[C@H](C5(C)C)[C@@]4(C)O3)NC(=O)[C@@H]3C[C@@H](OC(=O)N4Cc5ccccc5C4)CN3C2=O)cc1.COc1ccc(CN2CCCCCCCCC[C@@H](B3OC4C[C@H]5C[C@H](C5(C)C)[C@@]4(C)O3)NC(=O)[C@@H]3C[C@@H](OC(=O)N4Cc5ccccc5C4)CN3C2=O)cc1. The average molecular weight is 1540 g/mol. The quantitative estimate of drug-likeness (QED) is 0.111. The van der Waals surface area contributed by atoms with Crippen molar-refractivity contribution in [2.45, 2.75) is 284 Å². The van der Waals surface area contributed by atoms with Gasteiger partial charge >= 0.3 is 38.5 Å². The summed E-state index contributed by atoms with van der Waals surface area (Å²) in [6.45, 7) is 17.7. The first kappa shape index (κ1) is 82.2. The number of fused-ring (bicyclic) bond motifs is 4. The fourth-order valence-electron chi connectivity index (χ4n) is 20.9. The third-order valence-electron chi connectivity index (χ3n) is 27.8. The lowest BCUT2D eigenvalue weighted by molar-refractivity contribution is -0.199. The Hall–Kier alpha value is -7.79. The van der Waals surface area contributed by atoms with Gasteiger partial charge in [0.15, 0.2) is 0 Å². The van der Waals surface area contributed by atoms with Gasteiger partial charge in [0.2, 0.25) is 11.8 Å². The Morgan fingerprint density at radius 1 is 0.482 bits per heavy atom. The molecule has 0 aromatic heterocycles. The summed E-state index contributed by atoms with van der Waals surface area (Å²) in [5.74, 6) is 2.29. The molecule has 11 fully saturated rings. The molecular formula is C88H124B2N8O14. The zero-order valence-corrected chi connectivity index (χ0v) is 66.1. The van der Waals surface area contributed by atoms with Gasteiger partial charge in [0, 0.05) is 65.2 Å². The number of carbonyl (C=O) groups is 6. The smallest absolute Gasteiger partial charge is 0.481 e. The van der Waals surface area contributed by atoms with Crippen molar-refractivity contribution in [3.05, 3.63) is 143 Å². The summed E-state index contributed by atoms with van der Waals surface area (Å²) < 4.78 is 50.3. The minimum Gasteiger partial charge on any atom is -0.497 e. The Morgan fingerprint density at radius 2 is 0.875 bits per heavy atom. The second-order valence-corrected chi connectivity index (χ2v) is 35.3. The molecule has 18 rings (SSSR count). The lowest BCUT2D eigenvalue weighted by Gasteiger charge is -2.64. The highest BCUT2D eigenvalue weighted by Crippen LogP contribution is 2.67. The van der Waals surface area contributed by atoms with Crippen LogP contribution < -0.4 is 20.1 Å². The Labute approximate surface area is 666 Å². The molecule has 8 heterocycles. The highest BCUT2D eigenvalue weighted by molar-refractivity contribution is 6.48. The molecule has 8 amide bonds. The van der Waals surface area contributed by atoms with E-state index in [4.69, 9.17) is 37.6 Å². The van der Waals surface area contributed by atoms with Crippen LogP contribution in [-0.2, 0) is 76.9 Å². The van der Waals surface area contributed by atoms with Gasteiger partial charge in [0.25, 0.3) is 0 Å². The molecule has 112 heavy (non-hydrogen) atoms. The predicted molar refractivity (Wildman–Crippen MR) is 431 cm³/mol. The van der Waals surface area contributed by atoms with Gasteiger partial charge < -0.3 is 67.8 Å². The monoisotopic (exact) mass is 1540 g/mol. The number of rotatable bonds is 10. The second kappa shape index (κ2) is 34.7. The normalized spacial score (nSPS) is 31.9. The van der Waals surface area contributed by atoms with Crippen molar-refractivity contribution < 1.29 is 66.3 Å². The largest absolute Gasteiger partial charge is 0.497 e. The number of hydrogen-bond donors (Lipinski definition) is 2. The molecule has 0 radical (unpaired) electrons. The highest BCUT2D eigenvalue weighted by Gasteiger charge is 2.70. The summed E-state index contributed by atoms with van der Waals surface area (Å²) in [4.78, 5) is 96.1. The van der Waals surface area contributed by atoms with Crippen LogP contribution >= 0.6 is 0 Å². The number of hydrogen-bond acceptors (Lipinski definition) is 14. The summed E-state index contributed by atoms with van der Waals surface area (Å²) in [7, 11) is 2.14. The third-order valence-corrected chi connectivity index (χ3v) is 27.8. The van der Waals surface area contributed by atoms with E-state index in [1.165, 1.54) is 0 Å². The number of amides is 8. The van der Waals surface area contributed by atoms with Crippen molar-refractivity contribution in [3.63, 3.8) is 0 Å². The molecule has 6 saturated carbocycles. The number of methoxy groups -OCH3 is 2. The van der Waals surface area contributed by atoms with Gasteiger partial charge in [-0.05, 0) is 164 Å². The topological polar surface area (TPSA) is 220 Å². The molecule has 14 atom stereocenters. The van der Waals surface area contributed by atoms with Gasteiger partial charge in [0.05, 0.1) is 62.6 Å². The number of benzene rings is 4. The van der Waals surface area contributed by atoms with Gasteiger partial charge in [-0.25, -0.2) is 19.2 Å². The van der Waals surface area contributed by atoms with Gasteiger partial charge in [-0.1, -0.05) is 185 Å². The van der Waals surface area contributed by atoms with E-state index in [0.29, 0.717) is 82.5 Å². The standard InChI is InChI=1S/C43H59BN4O7.C43H57BN4O7.2CH4/c2*1-42(2)32-22-36(42)43(3)37(23-32)54-44(55-43)38-16-10-8-6-5-7-9-13-21-46(25-29-17-19-33(52-4)20-18-29)40(50)48-28-34(24-35(48)39(49)45-38)53-41(51)47-26-30-14-11-12-15-31(30)27-47;;/h11-12,14-15,17-20,32,34-38H,5-10,13,16,21-28H2,1-4H3,(H,45,49);9,11-15,17-20,32,34-38H,5-8,10,16,21-28H2,1-4H3,(H,45,49);2*1H4/b;13-9+;;/t2*32-,34-,35+,36-,37?,38+,43-;;/m11../s1. The molecule has 4 bridgehead atoms. The number of nitrogens with zero attached hydrogens (tertiary/aromatic N) is 6. The van der Waals surface area contributed by atoms with E-state index in [1.807, 2.05) is 102 Å². The molecule has 22 nitrogen and oxygen atoms in total. The first-order valence-electron chi connectivity index (χ1n) is 41.4. The summed E-state index contributed by atoms with van der Waals surface area (Å²) in [5.41, 5.74) is 5.95. The molecule has 2 unspecified atom stereocenters. The molecule has 5 saturated heterocycles. The molecule has 24 heteroatoms. The first-order chi connectivity index (χ1) is 53.1. The fraction of sp³-hybridized carbons (Fsp3) is 0.636. The van der Waals surface area contributed by atoms with Crippen molar-refractivity contribution >= 4 is 50.3 Å². The van der Waals surface area contributed by atoms with E-state index in [-0.39, 0.29) is 99.6 Å². The minimum atomic E-state index is -0.843. The molecule has 6 aliphatic carbocycles. The first-order valence-corrected chi connectivity index (χ1v) is 41.4. The molecule has 2 N–H and O–H groups in total. The summed E-state index contributed by atoms with van der Waals surface area (Å²) in [6, 6.07) is 29.3. The lowest BCUT2D eigenvalue weighted by Crippen LogP contribution is -2.65. The van der Waals surface area contributed by atoms with Crippen LogP contribution in [0.25, 0.3) is 0 Å². The number of carbonyl (C=O) groups excluding carboxylic acids is 6. The maximum Gasteiger partial charge on any atom is 0.481 e. The maximum atomic E-state index is 14.7. The molecule has 0 spiro atoms. The van der Waals surface area contributed by atoms with E-state index in [0.717, 1.165) is 154 Å². The number of nitrogens with one attached hydrogen (secondary N) is 2. The van der Waals surface area contributed by atoms with Gasteiger partial charge in [-0.3, -0.25) is 19.4 Å². The molecule has 14 aliphatic rings. The van der Waals surface area contributed by atoms with Crippen LogP contribution in [0, 0.1) is 34.5 Å². The van der Waals surface area contributed by atoms with E-state index >= 15 is 0 Å². The molecule has 4 aromatic rings.